The maximum Gasteiger partial charge on any atom is 0.294 e. The predicted molar refractivity (Wildman–Crippen MR) is 82.5 cm³/mol. The van der Waals surface area contributed by atoms with Gasteiger partial charge in [-0.1, -0.05) is 58.0 Å². The molecule has 0 saturated heterocycles. The maximum atomic E-state index is 11.6. The zero-order valence-electron chi connectivity index (χ0n) is 12.2. The summed E-state index contributed by atoms with van der Waals surface area (Å²) in [5.41, 5.74) is 1.13. The van der Waals surface area contributed by atoms with Crippen LogP contribution in [0.2, 0.25) is 18.1 Å². The van der Waals surface area contributed by atoms with Gasteiger partial charge in [-0.15, -0.1) is 0 Å². The molecule has 108 valence electrons. The van der Waals surface area contributed by atoms with E-state index in [1.807, 2.05) is 6.07 Å². The van der Waals surface area contributed by atoms with Crippen LogP contribution in [0.1, 0.15) is 33.3 Å². The first-order valence-corrected chi connectivity index (χ1v) is 11.0. The Hall–Kier alpha value is -0.653. The fourth-order valence-electron chi connectivity index (χ4n) is 2.76. The molecule has 0 bridgehead atoms. The Labute approximate surface area is 117 Å². The van der Waals surface area contributed by atoms with E-state index < -0.39 is 18.2 Å². The van der Waals surface area contributed by atoms with Gasteiger partial charge in [0.1, 0.15) is 0 Å². The molecular formula is C14H24O3SSi. The molecule has 19 heavy (non-hydrogen) atoms. The quantitative estimate of drug-likeness (QED) is 0.648. The van der Waals surface area contributed by atoms with Crippen LogP contribution in [0.3, 0.4) is 0 Å². The monoisotopic (exact) mass is 300 g/mol. The minimum absolute atomic E-state index is 0.127. The Morgan fingerprint density at radius 3 is 1.95 bits per heavy atom. The summed E-state index contributed by atoms with van der Waals surface area (Å²) in [5.74, 6) is 0. The first-order valence-electron chi connectivity index (χ1n) is 6.95. The molecule has 1 N–H and O–H groups in total. The van der Waals surface area contributed by atoms with Gasteiger partial charge in [0.05, 0.1) is 13.0 Å². The normalized spacial score (nSPS) is 12.7. The van der Waals surface area contributed by atoms with E-state index in [0.29, 0.717) is 0 Å². The van der Waals surface area contributed by atoms with Crippen LogP contribution in [0.15, 0.2) is 23.1 Å². The van der Waals surface area contributed by atoms with Crippen molar-refractivity contribution in [1.29, 1.82) is 0 Å². The molecule has 0 saturated carbocycles. The number of benzene rings is 1. The van der Waals surface area contributed by atoms with Gasteiger partial charge in [-0.05, 0) is 23.2 Å². The van der Waals surface area contributed by atoms with Crippen LogP contribution in [0, 0.1) is 0 Å². The van der Waals surface area contributed by atoms with Crippen molar-refractivity contribution in [2.75, 3.05) is 0 Å². The van der Waals surface area contributed by atoms with Crippen molar-refractivity contribution in [1.82, 2.24) is 0 Å². The summed E-state index contributed by atoms with van der Waals surface area (Å²) in [6, 6.07) is 8.37. The highest BCUT2D eigenvalue weighted by atomic mass is 32.2. The van der Waals surface area contributed by atoms with Gasteiger partial charge in [0.15, 0.2) is 0 Å². The van der Waals surface area contributed by atoms with Crippen LogP contribution >= 0.6 is 0 Å². The van der Waals surface area contributed by atoms with E-state index in [1.54, 1.807) is 12.1 Å². The van der Waals surface area contributed by atoms with E-state index >= 15 is 0 Å². The summed E-state index contributed by atoms with van der Waals surface area (Å²) in [6.07, 6.45) is 0.875. The average molecular weight is 300 g/mol. The first-order chi connectivity index (χ1) is 8.84. The van der Waals surface area contributed by atoms with Crippen molar-refractivity contribution in [2.45, 2.75) is 57.1 Å². The van der Waals surface area contributed by atoms with Gasteiger partial charge in [-0.25, -0.2) is 0 Å². The lowest BCUT2D eigenvalue weighted by molar-refractivity contribution is 0.484. The fourth-order valence-corrected chi connectivity index (χ4v) is 8.11. The van der Waals surface area contributed by atoms with Crippen molar-refractivity contribution >= 4 is 23.4 Å². The Morgan fingerprint density at radius 2 is 1.58 bits per heavy atom. The third-order valence-electron chi connectivity index (χ3n) is 4.33. The van der Waals surface area contributed by atoms with Crippen molar-refractivity contribution in [3.8, 4) is 0 Å². The summed E-state index contributed by atoms with van der Waals surface area (Å²) in [6.45, 7) is 8.45. The third-order valence-corrected chi connectivity index (χ3v) is 11.0. The van der Waals surface area contributed by atoms with Gasteiger partial charge in [-0.2, -0.15) is 8.42 Å². The minimum Gasteiger partial charge on any atom is -0.282 e. The molecule has 0 spiro atoms. The molecule has 0 aliphatic carbocycles. The van der Waals surface area contributed by atoms with E-state index in [-0.39, 0.29) is 4.90 Å². The van der Waals surface area contributed by atoms with Crippen molar-refractivity contribution < 1.29 is 13.0 Å². The number of hydrogen-bond acceptors (Lipinski definition) is 2. The van der Waals surface area contributed by atoms with Gasteiger partial charge >= 0.3 is 0 Å². The number of aryl methyl sites for hydroxylation is 1. The molecule has 1 aromatic rings. The second kappa shape index (κ2) is 6.20. The summed E-state index contributed by atoms with van der Waals surface area (Å²) in [4.78, 5) is 0.127. The van der Waals surface area contributed by atoms with Gasteiger partial charge in [-0.3, -0.25) is 4.55 Å². The predicted octanol–water partition coefficient (Wildman–Crippen LogP) is 3.21. The Morgan fingerprint density at radius 1 is 1.05 bits per heavy atom. The molecule has 3 nitrogen and oxygen atoms in total. The van der Waals surface area contributed by atoms with Crippen LogP contribution in [0.25, 0.3) is 0 Å². The molecule has 0 unspecified atom stereocenters. The minimum atomic E-state index is -4.14. The van der Waals surface area contributed by atoms with Crippen molar-refractivity contribution in [2.24, 2.45) is 0 Å². The van der Waals surface area contributed by atoms with E-state index in [1.165, 1.54) is 0 Å². The molecule has 0 aliphatic heterocycles. The Kier molecular flexibility index (Phi) is 5.35. The standard InChI is InChI=1S/C14H24O3SSi/c1-5-12-9-10-13(18(15,16)17)14(11-12)19(6-2,7-3)8-4/h9-11H,5-8H2,1-4H3,(H,15,16,17). The lowest BCUT2D eigenvalue weighted by atomic mass is 10.2. The van der Waals surface area contributed by atoms with Crippen LogP contribution in [0.5, 0.6) is 0 Å². The molecule has 0 heterocycles. The van der Waals surface area contributed by atoms with Crippen LogP contribution < -0.4 is 5.19 Å². The van der Waals surface area contributed by atoms with Gasteiger partial charge < -0.3 is 0 Å². The zero-order valence-corrected chi connectivity index (χ0v) is 14.0. The molecule has 0 radical (unpaired) electrons. The lowest BCUT2D eigenvalue weighted by Crippen LogP contribution is -2.48. The fraction of sp³-hybridized carbons (Fsp3) is 0.571. The Balaban J connectivity index is 3.62. The van der Waals surface area contributed by atoms with Crippen LogP contribution in [-0.2, 0) is 16.5 Å². The second-order valence-corrected chi connectivity index (χ2v) is 11.6. The molecule has 0 fully saturated rings. The largest absolute Gasteiger partial charge is 0.294 e. The van der Waals surface area contributed by atoms with Gasteiger partial charge in [0.2, 0.25) is 0 Å². The smallest absolute Gasteiger partial charge is 0.282 e. The first kappa shape index (κ1) is 16.4. The van der Waals surface area contributed by atoms with Crippen LogP contribution in [-0.4, -0.2) is 21.0 Å². The maximum absolute atomic E-state index is 11.6. The number of hydrogen-bond donors (Lipinski definition) is 1. The van der Waals surface area contributed by atoms with E-state index in [4.69, 9.17) is 0 Å². The van der Waals surface area contributed by atoms with E-state index in [9.17, 15) is 13.0 Å². The second-order valence-electron chi connectivity index (χ2n) is 5.00. The van der Waals surface area contributed by atoms with Crippen LogP contribution in [0.4, 0.5) is 0 Å². The molecule has 1 rings (SSSR count). The van der Waals surface area contributed by atoms with Crippen molar-refractivity contribution in [3.05, 3.63) is 23.8 Å². The van der Waals surface area contributed by atoms with E-state index in [2.05, 4.69) is 27.7 Å². The molecule has 0 aliphatic rings. The molecule has 5 heteroatoms. The summed E-state index contributed by atoms with van der Waals surface area (Å²) in [5, 5.41) is 0.904. The molecule has 0 aromatic heterocycles. The highest BCUT2D eigenvalue weighted by Gasteiger charge is 2.34. The Bertz CT molecular complexity index is 525. The van der Waals surface area contributed by atoms with Gasteiger partial charge in [0.25, 0.3) is 10.1 Å². The topological polar surface area (TPSA) is 54.4 Å². The number of rotatable bonds is 6. The lowest BCUT2D eigenvalue weighted by Gasteiger charge is -2.30. The zero-order chi connectivity index (χ0) is 14.7. The highest BCUT2D eigenvalue weighted by Crippen LogP contribution is 2.24. The summed E-state index contributed by atoms with van der Waals surface area (Å²) < 4.78 is 32.7. The molecule has 1 aromatic carbocycles. The molecule has 0 amide bonds. The molecule has 0 atom stereocenters. The average Bonchev–Trinajstić information content (AvgIpc) is 2.40. The van der Waals surface area contributed by atoms with Gasteiger partial charge in [0, 0.05) is 0 Å². The summed E-state index contributed by atoms with van der Waals surface area (Å²) >= 11 is 0. The third kappa shape index (κ3) is 3.27. The summed E-state index contributed by atoms with van der Waals surface area (Å²) in [7, 11) is -5.97. The molecular weight excluding hydrogens is 276 g/mol. The SMILES string of the molecule is CCc1ccc(S(=O)(=O)O)c([Si](CC)(CC)CC)c1. The van der Waals surface area contributed by atoms with E-state index in [0.717, 1.165) is 35.3 Å². The van der Waals surface area contributed by atoms with Crippen molar-refractivity contribution in [3.63, 3.8) is 0 Å². The highest BCUT2D eigenvalue weighted by molar-refractivity contribution is 7.86.